The monoisotopic (exact) mass is 292 g/mol. The number of rotatable bonds is 1. The largest absolute Gasteiger partial charge is 0.494 e. The summed E-state index contributed by atoms with van der Waals surface area (Å²) in [5.74, 6) is -1.95. The average Bonchev–Trinajstić information content (AvgIpc) is 2.98. The minimum Gasteiger partial charge on any atom is -0.494 e. The molecule has 1 aromatic carbocycles. The van der Waals surface area contributed by atoms with Crippen LogP contribution >= 0.6 is 0 Å². The lowest BCUT2D eigenvalue weighted by molar-refractivity contribution is -0.137. The predicted octanol–water partition coefficient (Wildman–Crippen LogP) is 2.93. The summed E-state index contributed by atoms with van der Waals surface area (Å²) < 4.78 is 33.8. The minimum atomic E-state index is -0.940. The highest BCUT2D eigenvalue weighted by Crippen LogP contribution is 2.17. The van der Waals surface area contributed by atoms with Crippen LogP contribution in [0.15, 0.2) is 18.2 Å². The molecule has 1 N–H and O–H groups in total. The molecule has 0 unspecified atom stereocenters. The Labute approximate surface area is 118 Å². The number of cyclic esters (lactones) is 1. The number of hydrogen-bond acceptors (Lipinski definition) is 4. The fraction of sp³-hybridized carbons (Fsp3) is 0.500. The first kappa shape index (κ1) is 20.6. The summed E-state index contributed by atoms with van der Waals surface area (Å²) in [6, 6.07) is 3.79. The molecule has 6 heteroatoms. The summed E-state index contributed by atoms with van der Waals surface area (Å²) in [5.41, 5.74) is 0. The number of carbonyl (C=O) groups excluding carboxylic acids is 1. The minimum absolute atomic E-state index is 0.0463. The second kappa shape index (κ2) is 13.7. The van der Waals surface area contributed by atoms with Crippen molar-refractivity contribution in [3.05, 3.63) is 29.8 Å². The van der Waals surface area contributed by atoms with Gasteiger partial charge >= 0.3 is 5.97 Å². The third-order valence-corrected chi connectivity index (χ3v) is 1.92. The number of aliphatic hydroxyl groups excluding tert-OH is 1. The molecule has 1 saturated heterocycles. The molecule has 1 aromatic rings. The summed E-state index contributed by atoms with van der Waals surface area (Å²) in [6.45, 7) is 4.64. The molecule has 1 fully saturated rings. The van der Waals surface area contributed by atoms with E-state index in [9.17, 15) is 13.6 Å². The number of methoxy groups -OCH3 is 1. The first-order valence-electron chi connectivity index (χ1n) is 6.23. The lowest BCUT2D eigenvalue weighted by Gasteiger charge is -1.99. The van der Waals surface area contributed by atoms with Crippen LogP contribution < -0.4 is 4.74 Å². The van der Waals surface area contributed by atoms with E-state index in [-0.39, 0.29) is 11.7 Å². The van der Waals surface area contributed by atoms with E-state index < -0.39 is 11.6 Å². The molecule has 20 heavy (non-hydrogen) atoms. The molecule has 0 radical (unpaired) electrons. The van der Waals surface area contributed by atoms with Crippen LogP contribution in [0.5, 0.6) is 5.75 Å². The van der Waals surface area contributed by atoms with Gasteiger partial charge in [-0.3, -0.25) is 4.79 Å². The molecule has 116 valence electrons. The van der Waals surface area contributed by atoms with Crippen molar-refractivity contribution in [3.8, 4) is 5.75 Å². The maximum Gasteiger partial charge on any atom is 0.305 e. The zero-order chi connectivity index (χ0) is 16.0. The van der Waals surface area contributed by atoms with Crippen LogP contribution in [0.3, 0.4) is 0 Å². The van der Waals surface area contributed by atoms with E-state index in [0.717, 1.165) is 19.6 Å². The molecule has 0 amide bonds. The highest BCUT2D eigenvalue weighted by Gasteiger charge is 2.08. The molecular formula is C14H22F2O4. The van der Waals surface area contributed by atoms with Crippen LogP contribution in [-0.4, -0.2) is 31.9 Å². The zero-order valence-corrected chi connectivity index (χ0v) is 12.3. The summed E-state index contributed by atoms with van der Waals surface area (Å²) >= 11 is 0. The normalized spacial score (nSPS) is 11.7. The maximum absolute atomic E-state index is 12.5. The quantitative estimate of drug-likeness (QED) is 0.809. The van der Waals surface area contributed by atoms with Crippen LogP contribution in [0, 0.1) is 11.6 Å². The summed E-state index contributed by atoms with van der Waals surface area (Å²) in [5, 5.41) is 7.00. The van der Waals surface area contributed by atoms with E-state index in [2.05, 4.69) is 9.47 Å². The number of aliphatic hydroxyl groups is 1. The first-order valence-corrected chi connectivity index (χ1v) is 6.23. The Morgan fingerprint density at radius 1 is 1.25 bits per heavy atom. The van der Waals surface area contributed by atoms with Crippen molar-refractivity contribution in [2.75, 3.05) is 20.8 Å². The highest BCUT2D eigenvalue weighted by atomic mass is 19.2. The van der Waals surface area contributed by atoms with E-state index in [4.69, 9.17) is 5.11 Å². The van der Waals surface area contributed by atoms with Gasteiger partial charge in [-0.1, -0.05) is 19.9 Å². The van der Waals surface area contributed by atoms with Crippen LogP contribution in [0.1, 0.15) is 26.7 Å². The Bertz CT molecular complexity index is 362. The molecule has 1 aliphatic heterocycles. The molecule has 2 rings (SSSR count). The Morgan fingerprint density at radius 2 is 1.85 bits per heavy atom. The molecule has 0 bridgehead atoms. The Morgan fingerprint density at radius 3 is 2.15 bits per heavy atom. The molecule has 0 aromatic heterocycles. The summed E-state index contributed by atoms with van der Waals surface area (Å²) in [4.78, 5) is 10.0. The third-order valence-electron chi connectivity index (χ3n) is 1.92. The molecule has 4 nitrogen and oxygen atoms in total. The second-order valence-electron chi connectivity index (χ2n) is 3.08. The highest BCUT2D eigenvalue weighted by molar-refractivity contribution is 5.70. The van der Waals surface area contributed by atoms with Crippen molar-refractivity contribution >= 4 is 5.97 Å². The van der Waals surface area contributed by atoms with Crippen molar-refractivity contribution in [2.45, 2.75) is 26.7 Å². The first-order chi connectivity index (χ1) is 9.65. The van der Waals surface area contributed by atoms with Crippen LogP contribution in [0.2, 0.25) is 0 Å². The van der Waals surface area contributed by atoms with Gasteiger partial charge in [-0.15, -0.1) is 0 Å². The second-order valence-corrected chi connectivity index (χ2v) is 3.08. The molecule has 0 atom stereocenters. The molecule has 1 aliphatic rings. The number of halogens is 2. The molecular weight excluding hydrogens is 270 g/mol. The van der Waals surface area contributed by atoms with Gasteiger partial charge in [-0.2, -0.15) is 4.39 Å². The van der Waals surface area contributed by atoms with Crippen molar-refractivity contribution in [1.82, 2.24) is 0 Å². The van der Waals surface area contributed by atoms with Gasteiger partial charge in [0.15, 0.2) is 11.6 Å². The van der Waals surface area contributed by atoms with Gasteiger partial charge in [0.1, 0.15) is 0 Å². The number of carbonyl (C=O) groups is 1. The Balaban J connectivity index is 0. The fourth-order valence-electron chi connectivity index (χ4n) is 1.12. The molecule has 0 aliphatic carbocycles. The molecule has 0 saturated carbocycles. The lowest BCUT2D eigenvalue weighted by Crippen LogP contribution is -1.90. The number of esters is 1. The smallest absolute Gasteiger partial charge is 0.305 e. The summed E-state index contributed by atoms with van der Waals surface area (Å²) in [7, 11) is 2.29. The van der Waals surface area contributed by atoms with Crippen molar-refractivity contribution < 1.29 is 28.2 Å². The summed E-state index contributed by atoms with van der Waals surface area (Å²) in [6.07, 6.45) is 1.54. The van der Waals surface area contributed by atoms with Gasteiger partial charge < -0.3 is 14.6 Å². The molecule has 1 heterocycles. The van der Waals surface area contributed by atoms with Crippen LogP contribution in [-0.2, 0) is 9.53 Å². The van der Waals surface area contributed by atoms with Gasteiger partial charge in [0.2, 0.25) is 5.82 Å². The van der Waals surface area contributed by atoms with Gasteiger partial charge in [-0.25, -0.2) is 4.39 Å². The van der Waals surface area contributed by atoms with Gasteiger partial charge in [0.25, 0.3) is 0 Å². The van der Waals surface area contributed by atoms with Crippen molar-refractivity contribution in [3.63, 3.8) is 0 Å². The van der Waals surface area contributed by atoms with Crippen LogP contribution in [0.25, 0.3) is 0 Å². The van der Waals surface area contributed by atoms with Crippen LogP contribution in [0.4, 0.5) is 8.78 Å². The fourth-order valence-corrected chi connectivity index (χ4v) is 1.12. The van der Waals surface area contributed by atoms with Crippen molar-refractivity contribution in [2.24, 2.45) is 0 Å². The van der Waals surface area contributed by atoms with E-state index in [1.54, 1.807) is 0 Å². The SMILES string of the molecule is CC.CO.COc1cccc(F)c1F.O=C1CCCO1. The van der Waals surface area contributed by atoms with Gasteiger partial charge in [0.05, 0.1) is 13.7 Å². The van der Waals surface area contributed by atoms with Crippen molar-refractivity contribution in [1.29, 1.82) is 0 Å². The predicted molar refractivity (Wildman–Crippen MR) is 72.6 cm³/mol. The molecule has 0 spiro atoms. The van der Waals surface area contributed by atoms with Gasteiger partial charge in [0, 0.05) is 13.5 Å². The Kier molecular flexibility index (Phi) is 14.2. The lowest BCUT2D eigenvalue weighted by atomic mass is 10.3. The maximum atomic E-state index is 12.5. The third kappa shape index (κ3) is 8.42. The standard InChI is InChI=1S/C7H6F2O.C4H6O2.C2H6.CH4O/c1-10-6-4-2-3-5(8)7(6)9;5-4-2-1-3-6-4;2*1-2/h2-4H,1H3;1-3H2;1-2H3;2H,1H3. The van der Waals surface area contributed by atoms with E-state index in [0.29, 0.717) is 13.0 Å². The van der Waals surface area contributed by atoms with E-state index >= 15 is 0 Å². The zero-order valence-electron chi connectivity index (χ0n) is 12.3. The number of hydrogen-bond donors (Lipinski definition) is 1. The number of ether oxygens (including phenoxy) is 2. The average molecular weight is 292 g/mol. The van der Waals surface area contributed by atoms with Gasteiger partial charge in [-0.05, 0) is 18.6 Å². The topological polar surface area (TPSA) is 55.8 Å². The Hall–Kier alpha value is -1.69. The van der Waals surface area contributed by atoms with E-state index in [1.807, 2.05) is 13.8 Å². The number of benzene rings is 1. The van der Waals surface area contributed by atoms with E-state index in [1.165, 1.54) is 19.2 Å².